The molecule has 6 heteroatoms. The van der Waals surface area contributed by atoms with Crippen molar-refractivity contribution in [2.75, 3.05) is 13.2 Å². The Morgan fingerprint density at radius 1 is 0.355 bits per heavy atom. The Bertz CT molecular complexity index is 1140. The second kappa shape index (κ2) is 66.1. The number of rotatable bonds is 66. The number of amides is 1. The fourth-order valence-corrected chi connectivity index (χ4v) is 11.2. The zero-order valence-corrected chi connectivity index (χ0v) is 51.8. The quantitative estimate of drug-likeness (QED) is 0.0320. The Balaban J connectivity index is 3.28. The summed E-state index contributed by atoms with van der Waals surface area (Å²) in [5, 5.41) is 23.2. The van der Waals surface area contributed by atoms with E-state index in [9.17, 15) is 19.8 Å². The minimum absolute atomic E-state index is 0.0205. The SMILES string of the molecule is CCCCCCCC/C=C\CCCCCCCCCCCC(=O)OCCCCCCCCCCCCCCCCCCCCCCCCCCCCCCCCC(=O)NC(CO)C(O)CCCCCCCCCCCC. The van der Waals surface area contributed by atoms with Gasteiger partial charge in [0.05, 0.1) is 25.4 Å². The van der Waals surface area contributed by atoms with Crippen LogP contribution in [0.2, 0.25) is 0 Å². The maximum Gasteiger partial charge on any atom is 0.305 e. The number of esters is 1. The van der Waals surface area contributed by atoms with Crippen LogP contribution in [0.1, 0.15) is 399 Å². The van der Waals surface area contributed by atoms with Crippen LogP contribution in [0.25, 0.3) is 0 Å². The highest BCUT2D eigenvalue weighted by Crippen LogP contribution is 2.19. The van der Waals surface area contributed by atoms with Gasteiger partial charge in [-0.05, 0) is 51.4 Å². The summed E-state index contributed by atoms with van der Waals surface area (Å²) in [4.78, 5) is 24.6. The average Bonchev–Trinajstić information content (AvgIpc) is 3.42. The van der Waals surface area contributed by atoms with E-state index in [0.29, 0.717) is 25.9 Å². The summed E-state index contributed by atoms with van der Waals surface area (Å²) in [6, 6.07) is -0.536. The van der Waals surface area contributed by atoms with Crippen LogP contribution in [-0.2, 0) is 14.3 Å². The van der Waals surface area contributed by atoms with Crippen molar-refractivity contribution in [2.24, 2.45) is 0 Å². The van der Waals surface area contributed by atoms with E-state index < -0.39 is 12.1 Å². The van der Waals surface area contributed by atoms with Crippen LogP contribution in [0.3, 0.4) is 0 Å². The molecule has 1 amide bonds. The van der Waals surface area contributed by atoms with Crippen LogP contribution in [0.4, 0.5) is 0 Å². The minimum atomic E-state index is -0.659. The lowest BCUT2D eigenvalue weighted by atomic mass is 10.0. The van der Waals surface area contributed by atoms with Gasteiger partial charge in [0.15, 0.2) is 0 Å². The zero-order chi connectivity index (χ0) is 55.0. The summed E-state index contributed by atoms with van der Waals surface area (Å²) in [7, 11) is 0. The van der Waals surface area contributed by atoms with Crippen molar-refractivity contribution in [3.8, 4) is 0 Å². The summed E-state index contributed by atoms with van der Waals surface area (Å²) in [5.41, 5.74) is 0. The predicted molar refractivity (Wildman–Crippen MR) is 333 cm³/mol. The molecule has 0 aliphatic heterocycles. The van der Waals surface area contributed by atoms with Crippen molar-refractivity contribution in [1.82, 2.24) is 5.32 Å². The van der Waals surface area contributed by atoms with Gasteiger partial charge in [-0.2, -0.15) is 0 Å². The van der Waals surface area contributed by atoms with Gasteiger partial charge in [0.2, 0.25) is 5.91 Å². The maximum absolute atomic E-state index is 12.4. The van der Waals surface area contributed by atoms with E-state index in [1.54, 1.807) is 0 Å². The molecule has 0 aromatic rings. The first kappa shape index (κ1) is 74.6. The van der Waals surface area contributed by atoms with Gasteiger partial charge in [0, 0.05) is 12.8 Å². The molecule has 0 aliphatic carbocycles. The van der Waals surface area contributed by atoms with Gasteiger partial charge in [-0.15, -0.1) is 0 Å². The van der Waals surface area contributed by atoms with E-state index in [4.69, 9.17) is 4.74 Å². The van der Waals surface area contributed by atoms with Gasteiger partial charge in [0.1, 0.15) is 0 Å². The van der Waals surface area contributed by atoms with E-state index >= 15 is 0 Å². The molecular weight excluding hydrogens is 935 g/mol. The molecule has 0 aromatic heterocycles. The Kier molecular flexibility index (Phi) is 64.9. The number of carbonyl (C=O) groups excluding carboxylic acids is 2. The number of hydrogen-bond donors (Lipinski definition) is 3. The third-order valence-corrected chi connectivity index (χ3v) is 16.6. The Morgan fingerprint density at radius 2 is 0.618 bits per heavy atom. The number of allylic oxidation sites excluding steroid dienone is 2. The van der Waals surface area contributed by atoms with Crippen molar-refractivity contribution in [3.05, 3.63) is 12.2 Å². The molecule has 0 radical (unpaired) electrons. The highest BCUT2D eigenvalue weighted by molar-refractivity contribution is 5.76. The molecule has 2 unspecified atom stereocenters. The van der Waals surface area contributed by atoms with Gasteiger partial charge < -0.3 is 20.3 Å². The highest BCUT2D eigenvalue weighted by atomic mass is 16.5. The smallest absolute Gasteiger partial charge is 0.305 e. The molecule has 6 nitrogen and oxygen atoms in total. The molecule has 0 spiro atoms. The van der Waals surface area contributed by atoms with E-state index in [1.165, 1.54) is 327 Å². The van der Waals surface area contributed by atoms with Crippen LogP contribution in [0.5, 0.6) is 0 Å². The number of unbranched alkanes of at least 4 members (excludes halogenated alkanes) is 53. The Hall–Kier alpha value is -1.40. The summed E-state index contributed by atoms with van der Waals surface area (Å²) in [6.45, 7) is 4.97. The molecule has 0 bridgehead atoms. The molecule has 452 valence electrons. The standard InChI is InChI=1S/C70H137NO5/c1-3-5-7-9-11-13-15-16-17-18-31-35-38-41-44-48-52-56-60-64-70(75)76-65-61-57-53-49-45-42-39-36-33-30-28-26-24-22-20-19-21-23-25-27-29-32-34-37-40-43-47-51-55-59-63-69(74)71-67(66-72)68(73)62-58-54-50-46-14-12-10-8-6-4-2/h16-17,67-68,72-73H,3-15,18-66H2,1-2H3,(H,71,74)/b17-16-. The topological polar surface area (TPSA) is 95.9 Å². The van der Waals surface area contributed by atoms with E-state index in [2.05, 4.69) is 31.3 Å². The van der Waals surface area contributed by atoms with E-state index in [0.717, 1.165) is 38.5 Å². The molecule has 0 saturated heterocycles. The van der Waals surface area contributed by atoms with Crippen molar-refractivity contribution in [3.63, 3.8) is 0 Å². The first-order valence-corrected chi connectivity index (χ1v) is 34.9. The van der Waals surface area contributed by atoms with Gasteiger partial charge in [0.25, 0.3) is 0 Å². The number of carbonyl (C=O) groups is 2. The lowest BCUT2D eigenvalue weighted by Gasteiger charge is -2.22. The first-order chi connectivity index (χ1) is 37.5. The zero-order valence-electron chi connectivity index (χ0n) is 51.8. The van der Waals surface area contributed by atoms with Gasteiger partial charge in [-0.1, -0.05) is 347 Å². The van der Waals surface area contributed by atoms with Crippen LogP contribution in [0.15, 0.2) is 12.2 Å². The third-order valence-electron chi connectivity index (χ3n) is 16.6. The lowest BCUT2D eigenvalue weighted by molar-refractivity contribution is -0.143. The second-order valence-corrected chi connectivity index (χ2v) is 24.2. The van der Waals surface area contributed by atoms with E-state index in [-0.39, 0.29) is 18.5 Å². The fraction of sp³-hybridized carbons (Fsp3) is 0.943. The molecule has 0 heterocycles. The monoisotopic (exact) mass is 1070 g/mol. The summed E-state index contributed by atoms with van der Waals surface area (Å²) < 4.78 is 5.51. The van der Waals surface area contributed by atoms with Crippen LogP contribution in [0, 0.1) is 0 Å². The van der Waals surface area contributed by atoms with Crippen molar-refractivity contribution < 1.29 is 24.5 Å². The van der Waals surface area contributed by atoms with Crippen LogP contribution >= 0.6 is 0 Å². The molecule has 0 fully saturated rings. The Morgan fingerprint density at radius 3 is 0.934 bits per heavy atom. The predicted octanol–water partition coefficient (Wildman–Crippen LogP) is 22.4. The molecule has 3 N–H and O–H groups in total. The molecule has 2 atom stereocenters. The molecule has 0 aromatic carbocycles. The number of aliphatic hydroxyl groups excluding tert-OH is 2. The third kappa shape index (κ3) is 61.8. The van der Waals surface area contributed by atoms with Crippen LogP contribution in [-0.4, -0.2) is 47.4 Å². The van der Waals surface area contributed by atoms with E-state index in [1.807, 2.05) is 0 Å². The number of ether oxygens (including phenoxy) is 1. The summed E-state index contributed by atoms with van der Waals surface area (Å²) in [6.07, 6.45) is 81.3. The number of aliphatic hydroxyl groups is 2. The van der Waals surface area contributed by atoms with Gasteiger partial charge in [-0.3, -0.25) is 9.59 Å². The molecule has 76 heavy (non-hydrogen) atoms. The second-order valence-electron chi connectivity index (χ2n) is 24.2. The highest BCUT2D eigenvalue weighted by Gasteiger charge is 2.20. The van der Waals surface area contributed by atoms with Gasteiger partial charge in [-0.25, -0.2) is 0 Å². The van der Waals surface area contributed by atoms with Crippen molar-refractivity contribution in [2.45, 2.75) is 411 Å². The first-order valence-electron chi connectivity index (χ1n) is 34.9. The lowest BCUT2D eigenvalue weighted by Crippen LogP contribution is -2.45. The summed E-state index contributed by atoms with van der Waals surface area (Å²) in [5.74, 6) is -0.0101. The normalized spacial score (nSPS) is 12.5. The molecule has 0 saturated carbocycles. The molecular formula is C70H137NO5. The summed E-state index contributed by atoms with van der Waals surface area (Å²) >= 11 is 0. The van der Waals surface area contributed by atoms with Crippen molar-refractivity contribution >= 4 is 11.9 Å². The number of nitrogens with one attached hydrogen (secondary N) is 1. The fourth-order valence-electron chi connectivity index (χ4n) is 11.2. The number of hydrogen-bond acceptors (Lipinski definition) is 5. The maximum atomic E-state index is 12.4. The largest absolute Gasteiger partial charge is 0.466 e. The Labute approximate surface area is 476 Å². The minimum Gasteiger partial charge on any atom is -0.466 e. The van der Waals surface area contributed by atoms with Gasteiger partial charge >= 0.3 is 5.97 Å². The average molecular weight is 1070 g/mol. The van der Waals surface area contributed by atoms with Crippen molar-refractivity contribution in [1.29, 1.82) is 0 Å². The molecule has 0 aliphatic rings. The molecule has 0 rings (SSSR count). The van der Waals surface area contributed by atoms with Crippen LogP contribution < -0.4 is 5.32 Å².